The number of hydrogen-bond donors (Lipinski definition) is 1. The maximum atomic E-state index is 12.3. The third-order valence-corrected chi connectivity index (χ3v) is 4.82. The molecule has 146 valence electrons. The van der Waals surface area contributed by atoms with E-state index in [9.17, 15) is 4.79 Å². The van der Waals surface area contributed by atoms with Crippen LogP contribution in [0.2, 0.25) is 0 Å². The molecule has 1 aliphatic heterocycles. The molecule has 7 heteroatoms. The van der Waals surface area contributed by atoms with E-state index < -0.39 is 0 Å². The van der Waals surface area contributed by atoms with E-state index in [1.54, 1.807) is 0 Å². The van der Waals surface area contributed by atoms with Gasteiger partial charge < -0.3 is 19.5 Å². The number of fused-ring (bicyclic) bond motifs is 1. The van der Waals surface area contributed by atoms with Gasteiger partial charge in [0.05, 0.1) is 18.6 Å². The summed E-state index contributed by atoms with van der Waals surface area (Å²) in [6, 6.07) is 11.5. The molecule has 28 heavy (non-hydrogen) atoms. The second-order valence-corrected chi connectivity index (χ2v) is 7.27. The summed E-state index contributed by atoms with van der Waals surface area (Å²) in [5.41, 5.74) is 2.30. The summed E-state index contributed by atoms with van der Waals surface area (Å²) in [6.45, 7) is 6.24. The lowest BCUT2D eigenvalue weighted by Crippen LogP contribution is -2.45. The predicted octanol–water partition coefficient (Wildman–Crippen LogP) is 2.70. The molecule has 0 saturated carbocycles. The van der Waals surface area contributed by atoms with Crippen LogP contribution >= 0.6 is 0 Å². The molecular weight excluding hydrogens is 356 g/mol. The highest BCUT2D eigenvalue weighted by Crippen LogP contribution is 2.19. The molecule has 7 nitrogen and oxygen atoms in total. The Morgan fingerprint density at radius 3 is 2.71 bits per heavy atom. The van der Waals surface area contributed by atoms with Gasteiger partial charge in [0, 0.05) is 31.2 Å². The topological polar surface area (TPSA) is 80.5 Å². The molecule has 2 atom stereocenters. The van der Waals surface area contributed by atoms with Gasteiger partial charge in [-0.2, -0.15) is 0 Å². The zero-order chi connectivity index (χ0) is 19.5. The lowest BCUT2D eigenvalue weighted by atomic mass is 10.1. The Labute approximate surface area is 163 Å². The summed E-state index contributed by atoms with van der Waals surface area (Å²) in [7, 11) is 0. The maximum absolute atomic E-state index is 12.3. The minimum absolute atomic E-state index is 0.0982. The highest BCUT2D eigenvalue weighted by molar-refractivity contribution is 5.86. The molecule has 1 saturated heterocycles. The van der Waals surface area contributed by atoms with Gasteiger partial charge in [0.25, 0.3) is 0 Å². The molecule has 1 fully saturated rings. The fourth-order valence-corrected chi connectivity index (χ4v) is 3.55. The zero-order valence-corrected chi connectivity index (χ0v) is 16.1. The van der Waals surface area contributed by atoms with E-state index in [0.717, 1.165) is 29.9 Å². The minimum Gasteiger partial charge on any atom is -0.372 e. The number of nitrogens with one attached hydrogen (secondary N) is 1. The summed E-state index contributed by atoms with van der Waals surface area (Å²) >= 11 is 0. The number of carbonyl (C=O) groups excluding carboxylic acids is 1. The van der Waals surface area contributed by atoms with E-state index in [1.165, 1.54) is 0 Å². The molecular formula is C21H24N4O3. The highest BCUT2D eigenvalue weighted by Gasteiger charge is 2.23. The largest absolute Gasteiger partial charge is 0.372 e. The molecule has 1 aliphatic rings. The van der Waals surface area contributed by atoms with Crippen LogP contribution < -0.4 is 10.2 Å². The zero-order valence-electron chi connectivity index (χ0n) is 16.1. The smallest absolute Gasteiger partial charge is 0.226 e. The molecule has 4 rings (SSSR count). The first-order valence-electron chi connectivity index (χ1n) is 9.54. The Morgan fingerprint density at radius 2 is 1.96 bits per heavy atom. The molecule has 2 aromatic heterocycles. The number of nitrogens with zero attached hydrogens (tertiary/aromatic N) is 3. The van der Waals surface area contributed by atoms with Gasteiger partial charge in [0.1, 0.15) is 11.5 Å². The number of amides is 1. The summed E-state index contributed by atoms with van der Waals surface area (Å²) in [5, 5.41) is 7.80. The van der Waals surface area contributed by atoms with Gasteiger partial charge in [-0.1, -0.05) is 23.4 Å². The molecule has 0 bridgehead atoms. The van der Waals surface area contributed by atoms with Gasteiger partial charge in [-0.15, -0.1) is 0 Å². The van der Waals surface area contributed by atoms with Crippen LogP contribution in [0.1, 0.15) is 25.1 Å². The molecule has 1 aromatic carbocycles. The Bertz CT molecular complexity index is 944. The van der Waals surface area contributed by atoms with E-state index in [-0.39, 0.29) is 24.5 Å². The first kappa shape index (κ1) is 18.4. The van der Waals surface area contributed by atoms with Gasteiger partial charge in [0.15, 0.2) is 5.58 Å². The van der Waals surface area contributed by atoms with E-state index in [0.29, 0.717) is 17.8 Å². The third-order valence-electron chi connectivity index (χ3n) is 4.82. The van der Waals surface area contributed by atoms with Crippen molar-refractivity contribution < 1.29 is 14.1 Å². The summed E-state index contributed by atoms with van der Waals surface area (Å²) in [6.07, 6.45) is 2.38. The highest BCUT2D eigenvalue weighted by atomic mass is 16.5. The molecule has 3 aromatic rings. The Morgan fingerprint density at radius 1 is 1.18 bits per heavy atom. The minimum atomic E-state index is -0.0982. The number of benzene rings is 1. The third kappa shape index (κ3) is 4.14. The van der Waals surface area contributed by atoms with E-state index in [4.69, 9.17) is 9.26 Å². The first-order chi connectivity index (χ1) is 13.6. The van der Waals surface area contributed by atoms with Crippen molar-refractivity contribution in [3.8, 4) is 0 Å². The standard InChI is InChI=1S/C21H24N4O3/c1-14-12-25(13-15(2)27-14)20-8-7-16(10-22-20)11-23-21(26)9-18-17-5-3-4-6-19(17)28-24-18/h3-8,10,14-15H,9,11-13H2,1-2H3,(H,23,26)/t14-,15-/m1/s1. The summed E-state index contributed by atoms with van der Waals surface area (Å²) in [4.78, 5) is 19.1. The van der Waals surface area contributed by atoms with Crippen LogP contribution in [0.25, 0.3) is 11.0 Å². The average molecular weight is 380 g/mol. The molecule has 1 amide bonds. The van der Waals surface area contributed by atoms with Crippen LogP contribution in [-0.4, -0.2) is 41.3 Å². The van der Waals surface area contributed by atoms with Crippen molar-refractivity contribution in [1.29, 1.82) is 0 Å². The van der Waals surface area contributed by atoms with Gasteiger partial charge in [-0.25, -0.2) is 4.98 Å². The number of anilines is 1. The van der Waals surface area contributed by atoms with Gasteiger partial charge in [-0.3, -0.25) is 4.79 Å². The monoisotopic (exact) mass is 380 g/mol. The lowest BCUT2D eigenvalue weighted by molar-refractivity contribution is -0.120. The Kier molecular flexibility index (Phi) is 5.25. The van der Waals surface area contributed by atoms with Gasteiger partial charge >= 0.3 is 0 Å². The van der Waals surface area contributed by atoms with Crippen LogP contribution in [-0.2, 0) is 22.5 Å². The van der Waals surface area contributed by atoms with E-state index in [2.05, 4.69) is 34.2 Å². The van der Waals surface area contributed by atoms with E-state index >= 15 is 0 Å². The fourth-order valence-electron chi connectivity index (χ4n) is 3.55. The number of carbonyl (C=O) groups is 1. The van der Waals surface area contributed by atoms with Crippen molar-refractivity contribution in [2.75, 3.05) is 18.0 Å². The van der Waals surface area contributed by atoms with Crippen LogP contribution in [0.5, 0.6) is 0 Å². The number of para-hydroxylation sites is 1. The van der Waals surface area contributed by atoms with Gasteiger partial charge in [0.2, 0.25) is 5.91 Å². The predicted molar refractivity (Wildman–Crippen MR) is 106 cm³/mol. The molecule has 0 spiro atoms. The normalized spacial score (nSPS) is 19.7. The van der Waals surface area contributed by atoms with Crippen molar-refractivity contribution in [1.82, 2.24) is 15.5 Å². The Hall–Kier alpha value is -2.93. The van der Waals surface area contributed by atoms with Crippen LogP contribution in [0.15, 0.2) is 47.1 Å². The van der Waals surface area contributed by atoms with Gasteiger partial charge in [-0.05, 0) is 37.6 Å². The molecule has 1 N–H and O–H groups in total. The van der Waals surface area contributed by atoms with Crippen LogP contribution in [0, 0.1) is 0 Å². The van der Waals surface area contributed by atoms with Crippen molar-refractivity contribution >= 4 is 22.7 Å². The van der Waals surface area contributed by atoms with Crippen molar-refractivity contribution in [2.24, 2.45) is 0 Å². The van der Waals surface area contributed by atoms with Crippen LogP contribution in [0.3, 0.4) is 0 Å². The number of aromatic nitrogens is 2. The maximum Gasteiger partial charge on any atom is 0.226 e. The number of morpholine rings is 1. The SMILES string of the molecule is C[C@@H]1CN(c2ccc(CNC(=O)Cc3noc4ccccc34)cn2)C[C@@H](C)O1. The summed E-state index contributed by atoms with van der Waals surface area (Å²) < 4.78 is 11.0. The first-order valence-corrected chi connectivity index (χ1v) is 9.54. The molecule has 0 aliphatic carbocycles. The number of ether oxygens (including phenoxy) is 1. The van der Waals surface area contributed by atoms with Crippen molar-refractivity contribution in [2.45, 2.75) is 39.0 Å². The number of hydrogen-bond acceptors (Lipinski definition) is 6. The summed E-state index contributed by atoms with van der Waals surface area (Å²) in [5.74, 6) is 0.838. The second-order valence-electron chi connectivity index (χ2n) is 7.27. The van der Waals surface area contributed by atoms with E-state index in [1.807, 2.05) is 42.6 Å². The fraction of sp³-hybridized carbons (Fsp3) is 0.381. The lowest BCUT2D eigenvalue weighted by Gasteiger charge is -2.36. The Balaban J connectivity index is 1.33. The second kappa shape index (κ2) is 7.98. The average Bonchev–Trinajstić information content (AvgIpc) is 3.09. The molecule has 0 radical (unpaired) electrons. The molecule has 0 unspecified atom stereocenters. The van der Waals surface area contributed by atoms with Crippen molar-refractivity contribution in [3.05, 3.63) is 53.9 Å². The number of pyridine rings is 1. The quantitative estimate of drug-likeness (QED) is 0.733. The number of rotatable bonds is 5. The molecule has 3 heterocycles. The van der Waals surface area contributed by atoms with Crippen molar-refractivity contribution in [3.63, 3.8) is 0 Å². The van der Waals surface area contributed by atoms with Crippen LogP contribution in [0.4, 0.5) is 5.82 Å².